The zero-order valence-electron chi connectivity index (χ0n) is 14.6. The van der Waals surface area contributed by atoms with Crippen LogP contribution in [0.2, 0.25) is 0 Å². The maximum Gasteiger partial charge on any atom is 0.249 e. The third kappa shape index (κ3) is 4.40. The molecule has 0 saturated carbocycles. The van der Waals surface area contributed by atoms with Gasteiger partial charge in [-0.05, 0) is 37.8 Å². The van der Waals surface area contributed by atoms with Crippen LogP contribution in [0.25, 0.3) is 0 Å². The minimum atomic E-state index is -1.12. The number of nitrogen functional groups attached to an aromatic ring is 1. The fourth-order valence-corrected chi connectivity index (χ4v) is 2.70. The van der Waals surface area contributed by atoms with Crippen molar-refractivity contribution in [3.8, 4) is 6.07 Å². The zero-order valence-corrected chi connectivity index (χ0v) is 15.4. The molecule has 0 bridgehead atoms. The monoisotopic (exact) mass is 374 g/mol. The maximum atomic E-state index is 12.8. The van der Waals surface area contributed by atoms with E-state index in [0.717, 1.165) is 0 Å². The van der Waals surface area contributed by atoms with Gasteiger partial charge in [-0.3, -0.25) is 4.79 Å². The van der Waals surface area contributed by atoms with Gasteiger partial charge in [-0.1, -0.05) is 12.1 Å². The summed E-state index contributed by atoms with van der Waals surface area (Å²) >= 11 is 1.26. The van der Waals surface area contributed by atoms with Crippen molar-refractivity contribution in [2.45, 2.75) is 31.1 Å². The Kier molecular flexibility index (Phi) is 6.00. The van der Waals surface area contributed by atoms with Gasteiger partial charge in [0.2, 0.25) is 11.9 Å². The number of anilines is 3. The average molecular weight is 374 g/mol. The van der Waals surface area contributed by atoms with Crippen LogP contribution in [0.4, 0.5) is 21.8 Å². The lowest BCUT2D eigenvalue weighted by molar-refractivity contribution is -0.119. The first kappa shape index (κ1) is 19.5. The van der Waals surface area contributed by atoms with Gasteiger partial charge in [-0.15, -0.1) is 11.8 Å². The Morgan fingerprint density at radius 3 is 2.77 bits per heavy atom. The molecule has 9 heteroatoms. The van der Waals surface area contributed by atoms with Gasteiger partial charge < -0.3 is 16.4 Å². The molecule has 0 radical (unpaired) electrons. The quantitative estimate of drug-likeness (QED) is 0.526. The number of alkyl halides is 1. The predicted octanol–water partition coefficient (Wildman–Crippen LogP) is 2.95. The zero-order chi connectivity index (χ0) is 19.3. The Morgan fingerprint density at radius 2 is 2.15 bits per heavy atom. The van der Waals surface area contributed by atoms with Gasteiger partial charge in [0.05, 0.1) is 0 Å². The van der Waals surface area contributed by atoms with Gasteiger partial charge in [0.1, 0.15) is 28.9 Å². The van der Waals surface area contributed by atoms with Crippen molar-refractivity contribution in [1.29, 1.82) is 5.26 Å². The van der Waals surface area contributed by atoms with Gasteiger partial charge in [-0.25, -0.2) is 9.37 Å². The van der Waals surface area contributed by atoms with Crippen LogP contribution in [0.3, 0.4) is 0 Å². The fraction of sp³-hybridized carbons (Fsp3) is 0.294. The van der Waals surface area contributed by atoms with E-state index in [0.29, 0.717) is 16.3 Å². The van der Waals surface area contributed by atoms with Crippen molar-refractivity contribution in [3.05, 3.63) is 35.4 Å². The number of halogens is 1. The van der Waals surface area contributed by atoms with E-state index in [4.69, 9.17) is 5.73 Å². The van der Waals surface area contributed by atoms with Gasteiger partial charge in [0, 0.05) is 5.69 Å². The van der Waals surface area contributed by atoms with Crippen molar-refractivity contribution in [3.63, 3.8) is 0 Å². The number of hydrogen-bond donors (Lipinski definition) is 3. The molecule has 0 saturated heterocycles. The summed E-state index contributed by atoms with van der Waals surface area (Å²) < 4.78 is 12.8. The molecule has 1 aromatic carbocycles. The molecule has 136 valence electrons. The standard InChI is InChI=1S/C17H19FN6OS/c1-17(2,15(25)21-11-6-4-5-10(7-11)8-18)24-13-12(9-19)14(26-3)23-16(20)22-13/h4-7H,8H2,1-3H3,(H,21,25)(H3,20,22,23,24). The number of hydrogen-bond acceptors (Lipinski definition) is 7. The molecule has 0 fully saturated rings. The van der Waals surface area contributed by atoms with E-state index < -0.39 is 12.2 Å². The normalized spacial score (nSPS) is 10.9. The van der Waals surface area contributed by atoms with Gasteiger partial charge in [0.15, 0.2) is 5.82 Å². The lowest BCUT2D eigenvalue weighted by Crippen LogP contribution is -2.44. The molecule has 0 spiro atoms. The van der Waals surface area contributed by atoms with E-state index in [9.17, 15) is 14.4 Å². The molecular weight excluding hydrogens is 355 g/mol. The van der Waals surface area contributed by atoms with E-state index in [2.05, 4.69) is 20.6 Å². The molecule has 1 amide bonds. The molecule has 0 aliphatic heterocycles. The number of thioether (sulfide) groups is 1. The Hall–Kier alpha value is -2.86. The first-order valence-electron chi connectivity index (χ1n) is 7.67. The molecule has 1 heterocycles. The van der Waals surface area contributed by atoms with Crippen molar-refractivity contribution in [1.82, 2.24) is 9.97 Å². The van der Waals surface area contributed by atoms with E-state index >= 15 is 0 Å². The summed E-state index contributed by atoms with van der Waals surface area (Å²) in [5.74, 6) is -0.190. The van der Waals surface area contributed by atoms with Crippen LogP contribution < -0.4 is 16.4 Å². The topological polar surface area (TPSA) is 117 Å². The molecule has 1 aromatic heterocycles. The molecule has 0 aliphatic rings. The van der Waals surface area contributed by atoms with Crippen molar-refractivity contribution < 1.29 is 9.18 Å². The molecule has 0 aliphatic carbocycles. The second kappa shape index (κ2) is 8.01. The minimum Gasteiger partial charge on any atom is -0.368 e. The molecule has 2 aromatic rings. The number of nitrogens with two attached hydrogens (primary N) is 1. The third-order valence-corrected chi connectivity index (χ3v) is 4.22. The molecule has 0 unspecified atom stereocenters. The number of rotatable bonds is 6. The summed E-state index contributed by atoms with van der Waals surface area (Å²) in [7, 11) is 0. The first-order chi connectivity index (χ1) is 12.3. The number of amides is 1. The summed E-state index contributed by atoms with van der Waals surface area (Å²) in [6.07, 6.45) is 1.77. The van der Waals surface area contributed by atoms with Crippen LogP contribution in [-0.2, 0) is 11.5 Å². The number of nitrogens with one attached hydrogen (secondary N) is 2. The Labute approximate surface area is 155 Å². The highest BCUT2D eigenvalue weighted by molar-refractivity contribution is 7.98. The SMILES string of the molecule is CSc1nc(N)nc(NC(C)(C)C(=O)Nc2cccc(CF)c2)c1C#N. The van der Waals surface area contributed by atoms with Crippen LogP contribution in [0.5, 0.6) is 0 Å². The van der Waals surface area contributed by atoms with E-state index in [-0.39, 0.29) is 23.2 Å². The van der Waals surface area contributed by atoms with Gasteiger partial charge in [0.25, 0.3) is 0 Å². The van der Waals surface area contributed by atoms with Crippen LogP contribution in [0, 0.1) is 11.3 Å². The summed E-state index contributed by atoms with van der Waals surface area (Å²) in [5.41, 5.74) is 5.73. The molecule has 4 N–H and O–H groups in total. The van der Waals surface area contributed by atoms with Crippen molar-refractivity contribution in [2.75, 3.05) is 22.6 Å². The highest BCUT2D eigenvalue weighted by Gasteiger charge is 2.30. The number of nitriles is 1. The summed E-state index contributed by atoms with van der Waals surface area (Å²) in [6, 6.07) is 8.55. The summed E-state index contributed by atoms with van der Waals surface area (Å²) in [4.78, 5) is 20.7. The molecular formula is C17H19FN6OS. The summed E-state index contributed by atoms with van der Waals surface area (Å²) in [5, 5.41) is 15.5. The van der Waals surface area contributed by atoms with Crippen LogP contribution in [-0.4, -0.2) is 27.7 Å². The number of benzene rings is 1. The third-order valence-electron chi connectivity index (χ3n) is 3.54. The van der Waals surface area contributed by atoms with Crippen LogP contribution in [0.1, 0.15) is 25.0 Å². The lowest BCUT2D eigenvalue weighted by atomic mass is 10.0. The van der Waals surface area contributed by atoms with E-state index in [1.165, 1.54) is 11.8 Å². The second-order valence-electron chi connectivity index (χ2n) is 5.96. The molecule has 2 rings (SSSR count). The highest BCUT2D eigenvalue weighted by atomic mass is 32.2. The Balaban J connectivity index is 2.26. The Morgan fingerprint density at radius 1 is 1.42 bits per heavy atom. The largest absolute Gasteiger partial charge is 0.368 e. The number of nitrogens with zero attached hydrogens (tertiary/aromatic N) is 3. The summed E-state index contributed by atoms with van der Waals surface area (Å²) in [6.45, 7) is 2.66. The smallest absolute Gasteiger partial charge is 0.249 e. The Bertz CT molecular complexity index is 865. The maximum absolute atomic E-state index is 12.8. The van der Waals surface area contributed by atoms with E-state index in [1.54, 1.807) is 44.4 Å². The van der Waals surface area contributed by atoms with Crippen LogP contribution in [0.15, 0.2) is 29.3 Å². The highest BCUT2D eigenvalue weighted by Crippen LogP contribution is 2.26. The number of carbonyl (C=O) groups excluding carboxylic acids is 1. The predicted molar refractivity (Wildman–Crippen MR) is 101 cm³/mol. The second-order valence-corrected chi connectivity index (χ2v) is 6.76. The number of aromatic nitrogens is 2. The molecule has 26 heavy (non-hydrogen) atoms. The van der Waals surface area contributed by atoms with Crippen molar-refractivity contribution >= 4 is 35.1 Å². The van der Waals surface area contributed by atoms with Crippen LogP contribution >= 0.6 is 11.8 Å². The minimum absolute atomic E-state index is 0.00250. The van der Waals surface area contributed by atoms with Crippen molar-refractivity contribution in [2.24, 2.45) is 0 Å². The first-order valence-corrected chi connectivity index (χ1v) is 8.89. The van der Waals surface area contributed by atoms with E-state index in [1.807, 2.05) is 6.07 Å². The molecule has 0 atom stereocenters. The lowest BCUT2D eigenvalue weighted by Gasteiger charge is -2.26. The molecule has 7 nitrogen and oxygen atoms in total. The average Bonchev–Trinajstić information content (AvgIpc) is 2.60. The van der Waals surface area contributed by atoms with Gasteiger partial charge in [-0.2, -0.15) is 10.2 Å². The number of carbonyl (C=O) groups is 1. The van der Waals surface area contributed by atoms with Gasteiger partial charge >= 0.3 is 0 Å². The fourth-order valence-electron chi connectivity index (χ4n) is 2.17.